The number of unbranched alkanes of at least 4 members (excludes halogenated alkanes) is 2. The van der Waals surface area contributed by atoms with E-state index < -0.39 is 5.97 Å². The summed E-state index contributed by atoms with van der Waals surface area (Å²) in [5.41, 5.74) is 1.54. The van der Waals surface area contributed by atoms with Gasteiger partial charge in [0.15, 0.2) is 0 Å². The molecular weight excluding hydrogens is 400 g/mol. The van der Waals surface area contributed by atoms with Crippen LogP contribution in [0.25, 0.3) is 0 Å². The van der Waals surface area contributed by atoms with Crippen LogP contribution in [0.5, 0.6) is 5.75 Å². The van der Waals surface area contributed by atoms with E-state index in [1.807, 2.05) is 12.1 Å². The number of benzene rings is 1. The number of ether oxygens (including phenoxy) is 5. The molecule has 0 aliphatic carbocycles. The Morgan fingerprint density at radius 2 is 1.32 bits per heavy atom. The second-order valence-corrected chi connectivity index (χ2v) is 8.00. The standard InChI is InChI=1S/C24H40O7/c1-4-5-6-11-24(2,3)21-7-9-22(10-8-21)31-19-18-29-15-14-27-12-13-28-16-17-30-20-23(25)26/h7-10H,4-6,11-20H2,1-3H3,(H,25,26). The zero-order chi connectivity index (χ0) is 22.8. The van der Waals surface area contributed by atoms with Crippen LogP contribution in [0.15, 0.2) is 24.3 Å². The van der Waals surface area contributed by atoms with Gasteiger partial charge in [-0.2, -0.15) is 0 Å². The van der Waals surface area contributed by atoms with Gasteiger partial charge < -0.3 is 28.8 Å². The first-order chi connectivity index (χ1) is 15.0. The first-order valence-corrected chi connectivity index (χ1v) is 11.2. The van der Waals surface area contributed by atoms with Crippen molar-refractivity contribution in [2.45, 2.75) is 51.9 Å². The first kappa shape index (κ1) is 27.4. The van der Waals surface area contributed by atoms with Gasteiger partial charge in [0.1, 0.15) is 19.0 Å². The van der Waals surface area contributed by atoms with Crippen molar-refractivity contribution in [1.29, 1.82) is 0 Å². The predicted octanol–water partition coefficient (Wildman–Crippen LogP) is 4.07. The molecule has 0 spiro atoms. The highest BCUT2D eigenvalue weighted by molar-refractivity contribution is 5.67. The van der Waals surface area contributed by atoms with E-state index in [0.29, 0.717) is 46.2 Å². The van der Waals surface area contributed by atoms with Gasteiger partial charge in [-0.05, 0) is 29.5 Å². The highest BCUT2D eigenvalue weighted by Crippen LogP contribution is 2.30. The van der Waals surface area contributed by atoms with Crippen molar-refractivity contribution in [3.05, 3.63) is 29.8 Å². The van der Waals surface area contributed by atoms with Crippen LogP contribution in [0.4, 0.5) is 0 Å². The van der Waals surface area contributed by atoms with Crippen molar-refractivity contribution >= 4 is 5.97 Å². The minimum Gasteiger partial charge on any atom is -0.491 e. The van der Waals surface area contributed by atoms with E-state index in [0.717, 1.165) is 5.75 Å². The molecule has 0 aliphatic rings. The molecule has 0 saturated carbocycles. The highest BCUT2D eigenvalue weighted by atomic mass is 16.6. The van der Waals surface area contributed by atoms with Crippen LogP contribution in [0.2, 0.25) is 0 Å². The molecule has 7 heteroatoms. The van der Waals surface area contributed by atoms with Gasteiger partial charge in [-0.15, -0.1) is 0 Å². The fourth-order valence-corrected chi connectivity index (χ4v) is 3.00. The first-order valence-electron chi connectivity index (χ1n) is 11.2. The fourth-order valence-electron chi connectivity index (χ4n) is 3.00. The van der Waals surface area contributed by atoms with Crippen LogP contribution in [-0.4, -0.2) is 70.5 Å². The lowest BCUT2D eigenvalue weighted by atomic mass is 9.80. The predicted molar refractivity (Wildman–Crippen MR) is 120 cm³/mol. The number of carboxylic acid groups (broad SMARTS) is 1. The molecule has 1 rings (SSSR count). The van der Waals surface area contributed by atoms with Crippen molar-refractivity contribution in [2.75, 3.05) is 59.5 Å². The summed E-state index contributed by atoms with van der Waals surface area (Å²) in [6.07, 6.45) is 5.00. The van der Waals surface area contributed by atoms with Crippen LogP contribution in [0.3, 0.4) is 0 Å². The molecule has 0 amide bonds. The zero-order valence-electron chi connectivity index (χ0n) is 19.4. The second-order valence-electron chi connectivity index (χ2n) is 8.00. The Morgan fingerprint density at radius 1 is 0.806 bits per heavy atom. The van der Waals surface area contributed by atoms with Crippen LogP contribution >= 0.6 is 0 Å². The van der Waals surface area contributed by atoms with E-state index in [9.17, 15) is 4.79 Å². The molecule has 0 heterocycles. The van der Waals surface area contributed by atoms with Gasteiger partial charge in [0, 0.05) is 0 Å². The SMILES string of the molecule is CCCCCC(C)(C)c1ccc(OCCOCCOCCOCCOCC(=O)O)cc1. The Labute approximate surface area is 187 Å². The van der Waals surface area contributed by atoms with Crippen LogP contribution in [0, 0.1) is 0 Å². The maximum absolute atomic E-state index is 10.2. The average molecular weight is 441 g/mol. The third-order valence-corrected chi connectivity index (χ3v) is 4.88. The summed E-state index contributed by atoms with van der Waals surface area (Å²) in [5.74, 6) is -0.124. The molecule has 0 bridgehead atoms. The number of hydrogen-bond acceptors (Lipinski definition) is 6. The number of aliphatic carboxylic acids is 1. The molecule has 1 aromatic carbocycles. The minimum absolute atomic E-state index is 0.190. The van der Waals surface area contributed by atoms with Gasteiger partial charge in [-0.25, -0.2) is 4.79 Å². The van der Waals surface area contributed by atoms with Gasteiger partial charge in [-0.3, -0.25) is 0 Å². The molecule has 0 fully saturated rings. The molecule has 0 aliphatic heterocycles. The van der Waals surface area contributed by atoms with E-state index >= 15 is 0 Å². The van der Waals surface area contributed by atoms with E-state index in [1.54, 1.807) is 0 Å². The van der Waals surface area contributed by atoms with E-state index in [-0.39, 0.29) is 18.6 Å². The smallest absolute Gasteiger partial charge is 0.329 e. The van der Waals surface area contributed by atoms with E-state index in [1.165, 1.54) is 31.2 Å². The Kier molecular flexibility index (Phi) is 15.0. The molecule has 0 unspecified atom stereocenters. The lowest BCUT2D eigenvalue weighted by molar-refractivity contribution is -0.142. The van der Waals surface area contributed by atoms with Crippen molar-refractivity contribution in [3.63, 3.8) is 0 Å². The van der Waals surface area contributed by atoms with Gasteiger partial charge >= 0.3 is 5.97 Å². The molecule has 0 atom stereocenters. The maximum Gasteiger partial charge on any atom is 0.329 e. The summed E-state index contributed by atoms with van der Waals surface area (Å²) in [6.45, 7) is 10.0. The Balaban J connectivity index is 1.99. The van der Waals surface area contributed by atoms with Gasteiger partial charge in [-0.1, -0.05) is 52.2 Å². The van der Waals surface area contributed by atoms with Crippen molar-refractivity contribution in [2.24, 2.45) is 0 Å². The summed E-state index contributed by atoms with van der Waals surface area (Å²) in [4.78, 5) is 10.2. The number of rotatable bonds is 20. The lowest BCUT2D eigenvalue weighted by Crippen LogP contribution is -2.17. The van der Waals surface area contributed by atoms with E-state index in [2.05, 4.69) is 32.9 Å². The molecule has 1 aromatic rings. The Bertz CT molecular complexity index is 572. The van der Waals surface area contributed by atoms with Gasteiger partial charge in [0.05, 0.1) is 46.2 Å². The zero-order valence-corrected chi connectivity index (χ0v) is 19.4. The minimum atomic E-state index is -0.983. The number of hydrogen-bond donors (Lipinski definition) is 1. The Hall–Kier alpha value is -1.67. The normalized spacial score (nSPS) is 11.6. The number of carbonyl (C=O) groups is 1. The molecule has 0 saturated heterocycles. The van der Waals surface area contributed by atoms with Crippen molar-refractivity contribution in [3.8, 4) is 5.75 Å². The van der Waals surface area contributed by atoms with Crippen molar-refractivity contribution in [1.82, 2.24) is 0 Å². The summed E-state index contributed by atoms with van der Waals surface area (Å²) < 4.78 is 26.8. The Morgan fingerprint density at radius 3 is 1.84 bits per heavy atom. The fraction of sp³-hybridized carbons (Fsp3) is 0.708. The molecule has 31 heavy (non-hydrogen) atoms. The topological polar surface area (TPSA) is 83.5 Å². The van der Waals surface area contributed by atoms with Crippen LogP contribution < -0.4 is 4.74 Å². The summed E-state index contributed by atoms with van der Waals surface area (Å²) in [5, 5.41) is 8.41. The maximum atomic E-state index is 10.2. The van der Waals surface area contributed by atoms with Gasteiger partial charge in [0.2, 0.25) is 0 Å². The molecule has 0 aromatic heterocycles. The quantitative estimate of drug-likeness (QED) is 0.306. The molecule has 1 N–H and O–H groups in total. The largest absolute Gasteiger partial charge is 0.491 e. The molecule has 0 radical (unpaired) electrons. The van der Waals surface area contributed by atoms with Gasteiger partial charge in [0.25, 0.3) is 0 Å². The highest BCUT2D eigenvalue weighted by Gasteiger charge is 2.19. The molecular formula is C24H40O7. The summed E-state index contributed by atoms with van der Waals surface area (Å²) in [7, 11) is 0. The third-order valence-electron chi connectivity index (χ3n) is 4.88. The van der Waals surface area contributed by atoms with E-state index in [4.69, 9.17) is 28.8 Å². The average Bonchev–Trinajstić information content (AvgIpc) is 2.74. The summed E-state index contributed by atoms with van der Waals surface area (Å²) in [6, 6.07) is 8.39. The number of carboxylic acids is 1. The third kappa shape index (κ3) is 14.1. The van der Waals surface area contributed by atoms with Crippen LogP contribution in [0.1, 0.15) is 52.0 Å². The molecule has 7 nitrogen and oxygen atoms in total. The monoisotopic (exact) mass is 440 g/mol. The molecule has 178 valence electrons. The van der Waals surface area contributed by atoms with Crippen LogP contribution in [-0.2, 0) is 29.2 Å². The second kappa shape index (κ2) is 17.0. The summed E-state index contributed by atoms with van der Waals surface area (Å²) >= 11 is 0. The van der Waals surface area contributed by atoms with Crippen molar-refractivity contribution < 1.29 is 33.6 Å². The lowest BCUT2D eigenvalue weighted by Gasteiger charge is -2.25.